The third-order valence-corrected chi connectivity index (χ3v) is 4.48. The lowest BCUT2D eigenvalue weighted by Gasteiger charge is -2.18. The standard InChI is InChI=1S/C17H24N4O2/c1-11-8-15(22)21(13-6-4-5-7-13)16-14(11)9-18-17(20-16)19-12(2)10-23-3/h8-9,12-13H,4-7,10H2,1-3H3,(H,18,19,20). The molecule has 0 bridgehead atoms. The lowest BCUT2D eigenvalue weighted by molar-refractivity contribution is 0.190. The third-order valence-electron chi connectivity index (χ3n) is 4.48. The maximum atomic E-state index is 12.5. The van der Waals surface area contributed by atoms with Gasteiger partial charge < -0.3 is 10.1 Å². The summed E-state index contributed by atoms with van der Waals surface area (Å²) in [6.07, 6.45) is 6.25. The molecule has 0 spiro atoms. The fourth-order valence-electron chi connectivity index (χ4n) is 3.37. The topological polar surface area (TPSA) is 69.0 Å². The van der Waals surface area contributed by atoms with Gasteiger partial charge in [-0.15, -0.1) is 0 Å². The number of pyridine rings is 1. The number of aromatic nitrogens is 3. The largest absolute Gasteiger partial charge is 0.383 e. The fraction of sp³-hybridized carbons (Fsp3) is 0.588. The number of nitrogens with zero attached hydrogens (tertiary/aromatic N) is 3. The minimum atomic E-state index is 0.0384. The van der Waals surface area contributed by atoms with Crippen molar-refractivity contribution in [1.82, 2.24) is 14.5 Å². The Morgan fingerprint density at radius 2 is 2.17 bits per heavy atom. The van der Waals surface area contributed by atoms with Gasteiger partial charge in [0.15, 0.2) is 0 Å². The van der Waals surface area contributed by atoms with Crippen molar-refractivity contribution in [1.29, 1.82) is 0 Å². The molecule has 0 saturated heterocycles. The van der Waals surface area contributed by atoms with Gasteiger partial charge in [0.2, 0.25) is 5.95 Å². The first kappa shape index (κ1) is 15.9. The second-order valence-electron chi connectivity index (χ2n) is 6.41. The zero-order valence-corrected chi connectivity index (χ0v) is 14.0. The van der Waals surface area contributed by atoms with Crippen molar-refractivity contribution in [3.8, 4) is 0 Å². The number of aryl methyl sites for hydroxylation is 1. The van der Waals surface area contributed by atoms with Gasteiger partial charge in [-0.05, 0) is 32.3 Å². The van der Waals surface area contributed by atoms with Gasteiger partial charge in [-0.2, -0.15) is 4.98 Å². The minimum Gasteiger partial charge on any atom is -0.383 e. The molecule has 1 aliphatic rings. The van der Waals surface area contributed by atoms with Crippen molar-refractivity contribution in [3.05, 3.63) is 28.2 Å². The Hall–Kier alpha value is -1.95. The SMILES string of the molecule is COCC(C)Nc1ncc2c(C)cc(=O)n(C3CCCC3)c2n1. The van der Waals surface area contributed by atoms with Gasteiger partial charge in [-0.3, -0.25) is 9.36 Å². The molecule has 1 N–H and O–H groups in total. The number of ether oxygens (including phenoxy) is 1. The third kappa shape index (κ3) is 3.22. The van der Waals surface area contributed by atoms with E-state index in [1.165, 1.54) is 12.8 Å². The predicted octanol–water partition coefficient (Wildman–Crippen LogP) is 2.66. The summed E-state index contributed by atoms with van der Waals surface area (Å²) in [5, 5.41) is 4.17. The van der Waals surface area contributed by atoms with Crippen LogP contribution in [0.25, 0.3) is 11.0 Å². The summed E-state index contributed by atoms with van der Waals surface area (Å²) in [5.74, 6) is 0.541. The second-order valence-corrected chi connectivity index (χ2v) is 6.41. The minimum absolute atomic E-state index is 0.0384. The van der Waals surface area contributed by atoms with Crippen molar-refractivity contribution in [2.24, 2.45) is 0 Å². The molecule has 0 amide bonds. The van der Waals surface area contributed by atoms with Crippen molar-refractivity contribution in [2.45, 2.75) is 51.6 Å². The Morgan fingerprint density at radius 3 is 2.87 bits per heavy atom. The molecule has 2 heterocycles. The highest BCUT2D eigenvalue weighted by molar-refractivity contribution is 5.79. The van der Waals surface area contributed by atoms with Crippen molar-refractivity contribution in [2.75, 3.05) is 19.0 Å². The van der Waals surface area contributed by atoms with Crippen LogP contribution in [0.4, 0.5) is 5.95 Å². The Kier molecular flexibility index (Phi) is 4.61. The molecule has 0 radical (unpaired) electrons. The van der Waals surface area contributed by atoms with Crippen LogP contribution in [0.1, 0.15) is 44.2 Å². The van der Waals surface area contributed by atoms with E-state index < -0.39 is 0 Å². The van der Waals surface area contributed by atoms with Gasteiger partial charge in [0.1, 0.15) is 5.65 Å². The van der Waals surface area contributed by atoms with E-state index >= 15 is 0 Å². The number of anilines is 1. The molecule has 1 saturated carbocycles. The Bertz CT molecular complexity index is 750. The first-order valence-corrected chi connectivity index (χ1v) is 8.24. The van der Waals surface area contributed by atoms with Crippen LogP contribution in [-0.2, 0) is 4.74 Å². The molecule has 124 valence electrons. The molecule has 1 aliphatic carbocycles. The van der Waals surface area contributed by atoms with Gasteiger partial charge in [-0.25, -0.2) is 4.98 Å². The van der Waals surface area contributed by atoms with E-state index in [1.54, 1.807) is 13.2 Å². The molecule has 2 aromatic rings. The number of hydrogen-bond donors (Lipinski definition) is 1. The van der Waals surface area contributed by atoms with E-state index in [1.807, 2.05) is 24.6 Å². The smallest absolute Gasteiger partial charge is 0.252 e. The molecule has 1 fully saturated rings. The molecule has 1 unspecified atom stereocenters. The molecule has 1 atom stereocenters. The molecular formula is C17H24N4O2. The van der Waals surface area contributed by atoms with E-state index in [4.69, 9.17) is 4.74 Å². The zero-order valence-electron chi connectivity index (χ0n) is 14.0. The number of hydrogen-bond acceptors (Lipinski definition) is 5. The van der Waals surface area contributed by atoms with Crippen LogP contribution in [0.3, 0.4) is 0 Å². The lowest BCUT2D eigenvalue weighted by atomic mass is 10.1. The molecule has 0 aromatic carbocycles. The maximum absolute atomic E-state index is 12.5. The van der Waals surface area contributed by atoms with E-state index in [-0.39, 0.29) is 17.6 Å². The molecule has 6 heteroatoms. The van der Waals surface area contributed by atoms with E-state index in [0.717, 1.165) is 29.4 Å². The summed E-state index contributed by atoms with van der Waals surface area (Å²) in [5.41, 5.74) is 1.70. The van der Waals surface area contributed by atoms with Crippen LogP contribution in [-0.4, -0.2) is 34.3 Å². The van der Waals surface area contributed by atoms with Crippen LogP contribution in [0, 0.1) is 6.92 Å². The highest BCUT2D eigenvalue weighted by Crippen LogP contribution is 2.30. The summed E-state index contributed by atoms with van der Waals surface area (Å²) in [6.45, 7) is 4.52. The fourth-order valence-corrected chi connectivity index (χ4v) is 3.37. The van der Waals surface area contributed by atoms with Crippen LogP contribution in [0.15, 0.2) is 17.1 Å². The van der Waals surface area contributed by atoms with E-state index in [9.17, 15) is 4.79 Å². The summed E-state index contributed by atoms with van der Waals surface area (Å²) in [6, 6.07) is 2.06. The van der Waals surface area contributed by atoms with Gasteiger partial charge >= 0.3 is 0 Å². The Balaban J connectivity index is 2.07. The molecule has 2 aromatic heterocycles. The van der Waals surface area contributed by atoms with Crippen LogP contribution in [0.2, 0.25) is 0 Å². The Morgan fingerprint density at radius 1 is 1.43 bits per heavy atom. The van der Waals surface area contributed by atoms with Crippen LogP contribution >= 0.6 is 0 Å². The summed E-state index contributed by atoms with van der Waals surface area (Å²) in [7, 11) is 1.67. The molecule has 0 aliphatic heterocycles. The highest BCUT2D eigenvalue weighted by Gasteiger charge is 2.21. The molecule has 6 nitrogen and oxygen atoms in total. The summed E-state index contributed by atoms with van der Waals surface area (Å²) < 4.78 is 7.00. The van der Waals surface area contributed by atoms with Gasteiger partial charge in [-0.1, -0.05) is 12.8 Å². The van der Waals surface area contributed by atoms with Gasteiger partial charge in [0, 0.05) is 36.8 Å². The normalized spacial score (nSPS) is 16.8. The predicted molar refractivity (Wildman–Crippen MR) is 91.0 cm³/mol. The van der Waals surface area contributed by atoms with Crippen molar-refractivity contribution in [3.63, 3.8) is 0 Å². The summed E-state index contributed by atoms with van der Waals surface area (Å²) >= 11 is 0. The van der Waals surface area contributed by atoms with Gasteiger partial charge in [0.25, 0.3) is 5.56 Å². The second kappa shape index (κ2) is 6.66. The van der Waals surface area contributed by atoms with E-state index in [2.05, 4.69) is 15.3 Å². The average molecular weight is 316 g/mol. The number of fused-ring (bicyclic) bond motifs is 1. The molecule has 3 rings (SSSR count). The Labute approximate surface area is 135 Å². The zero-order chi connectivity index (χ0) is 16.4. The van der Waals surface area contributed by atoms with Gasteiger partial charge in [0.05, 0.1) is 6.61 Å². The monoisotopic (exact) mass is 316 g/mol. The van der Waals surface area contributed by atoms with Crippen LogP contribution in [0.5, 0.6) is 0 Å². The number of rotatable bonds is 5. The average Bonchev–Trinajstić information content (AvgIpc) is 3.01. The number of nitrogens with one attached hydrogen (secondary N) is 1. The molecular weight excluding hydrogens is 292 g/mol. The van der Waals surface area contributed by atoms with E-state index in [0.29, 0.717) is 12.6 Å². The highest BCUT2D eigenvalue weighted by atomic mass is 16.5. The van der Waals surface area contributed by atoms with Crippen molar-refractivity contribution < 1.29 is 4.74 Å². The van der Waals surface area contributed by atoms with Crippen LogP contribution < -0.4 is 10.9 Å². The first-order valence-electron chi connectivity index (χ1n) is 8.24. The maximum Gasteiger partial charge on any atom is 0.252 e. The lowest BCUT2D eigenvalue weighted by Crippen LogP contribution is -2.26. The first-order chi connectivity index (χ1) is 11.1. The summed E-state index contributed by atoms with van der Waals surface area (Å²) in [4.78, 5) is 21.6. The number of methoxy groups -OCH3 is 1. The quantitative estimate of drug-likeness (QED) is 0.918. The van der Waals surface area contributed by atoms with Crippen molar-refractivity contribution >= 4 is 17.0 Å². The molecule has 23 heavy (non-hydrogen) atoms.